The average Bonchev–Trinajstić information content (AvgIpc) is 3.31. The van der Waals surface area contributed by atoms with E-state index in [-0.39, 0.29) is 5.92 Å². The van der Waals surface area contributed by atoms with Crippen LogP contribution in [0.5, 0.6) is 0 Å². The Bertz CT molecular complexity index is 789. The zero-order valence-electron chi connectivity index (χ0n) is 15.3. The molecule has 0 N–H and O–H groups in total. The lowest BCUT2D eigenvalue weighted by molar-refractivity contribution is -0.133. The Morgan fingerprint density at radius 2 is 1.92 bits per heavy atom. The second-order valence-corrected chi connectivity index (χ2v) is 7.69. The fourth-order valence-electron chi connectivity index (χ4n) is 4.09. The van der Waals surface area contributed by atoms with Gasteiger partial charge < -0.3 is 9.47 Å². The minimum absolute atomic E-state index is 0.188. The monoisotopic (exact) mass is 338 g/mol. The van der Waals surface area contributed by atoms with Crippen LogP contribution in [0, 0.1) is 19.8 Å². The third-order valence-corrected chi connectivity index (χ3v) is 5.98. The first-order valence-electron chi connectivity index (χ1n) is 9.24. The van der Waals surface area contributed by atoms with Crippen LogP contribution in [-0.4, -0.2) is 38.7 Å². The van der Waals surface area contributed by atoms with Crippen LogP contribution >= 0.6 is 0 Å². The molecule has 1 aromatic carbocycles. The Morgan fingerprint density at radius 3 is 2.56 bits per heavy atom. The minimum atomic E-state index is 0.188. The van der Waals surface area contributed by atoms with Gasteiger partial charge >= 0.3 is 0 Å². The molecule has 0 radical (unpaired) electrons. The number of nitrogens with zero attached hydrogens (tertiary/aromatic N) is 4. The summed E-state index contributed by atoms with van der Waals surface area (Å²) in [7, 11) is 1.99. The van der Waals surface area contributed by atoms with Crippen LogP contribution in [0.3, 0.4) is 0 Å². The van der Waals surface area contributed by atoms with Crippen molar-refractivity contribution >= 4 is 5.91 Å². The number of benzene rings is 1. The second-order valence-electron chi connectivity index (χ2n) is 7.69. The van der Waals surface area contributed by atoms with Gasteiger partial charge in [-0.15, -0.1) is 10.2 Å². The smallest absolute Gasteiger partial charge is 0.226 e. The number of carbonyl (C=O) groups excluding carboxylic acids is 1. The van der Waals surface area contributed by atoms with E-state index in [4.69, 9.17) is 0 Å². The Kier molecular flexibility index (Phi) is 4.10. The first-order valence-corrected chi connectivity index (χ1v) is 9.24. The van der Waals surface area contributed by atoms with Crippen molar-refractivity contribution in [1.29, 1.82) is 0 Å². The maximum Gasteiger partial charge on any atom is 0.226 e. The van der Waals surface area contributed by atoms with Crippen molar-refractivity contribution < 1.29 is 4.79 Å². The van der Waals surface area contributed by atoms with Gasteiger partial charge in [-0.25, -0.2) is 0 Å². The molecule has 2 aromatic rings. The van der Waals surface area contributed by atoms with E-state index < -0.39 is 0 Å². The molecule has 1 saturated heterocycles. The summed E-state index contributed by atoms with van der Waals surface area (Å²) in [6.45, 7) is 5.96. The van der Waals surface area contributed by atoms with Gasteiger partial charge in [-0.1, -0.05) is 18.2 Å². The number of carbonyl (C=O) groups is 1. The van der Waals surface area contributed by atoms with Crippen LogP contribution in [-0.2, 0) is 11.8 Å². The van der Waals surface area contributed by atoms with Crippen molar-refractivity contribution in [2.75, 3.05) is 13.1 Å². The zero-order valence-corrected chi connectivity index (χ0v) is 15.3. The van der Waals surface area contributed by atoms with E-state index in [9.17, 15) is 4.79 Å². The minimum Gasteiger partial charge on any atom is -0.342 e. The van der Waals surface area contributed by atoms with Gasteiger partial charge in [-0.05, 0) is 55.7 Å². The predicted octanol–water partition coefficient (Wildman–Crippen LogP) is 2.94. The Hall–Kier alpha value is -2.17. The highest BCUT2D eigenvalue weighted by Gasteiger charge is 2.46. The molecule has 5 heteroatoms. The molecule has 1 saturated carbocycles. The van der Waals surface area contributed by atoms with Crippen molar-refractivity contribution in [1.82, 2.24) is 19.7 Å². The van der Waals surface area contributed by atoms with E-state index in [1.807, 2.05) is 11.6 Å². The standard InChI is InChI=1S/C20H26N4O/c1-13-4-5-16(10-14(13)2)17-11-18(17)20(25)24-8-6-15(7-9-24)19-22-21-12-23(19)3/h4-5,10,12,15,17-18H,6-9,11H2,1-3H3/t17-,18+/m0/s1. The summed E-state index contributed by atoms with van der Waals surface area (Å²) in [5.41, 5.74) is 3.97. The SMILES string of the molecule is Cc1ccc([C@@H]2C[C@H]2C(=O)N2CCC(c3nncn3C)CC2)cc1C. The summed E-state index contributed by atoms with van der Waals surface area (Å²) in [4.78, 5) is 14.9. The largest absolute Gasteiger partial charge is 0.342 e. The van der Waals surface area contributed by atoms with E-state index >= 15 is 0 Å². The number of piperidine rings is 1. The van der Waals surface area contributed by atoms with E-state index in [2.05, 4.69) is 47.1 Å². The maximum absolute atomic E-state index is 12.8. The molecule has 2 atom stereocenters. The normalized spacial score (nSPS) is 23.7. The molecule has 1 aliphatic heterocycles. The molecule has 2 fully saturated rings. The highest BCUT2D eigenvalue weighted by Crippen LogP contribution is 2.49. The van der Waals surface area contributed by atoms with Crippen LogP contribution in [0.1, 0.15) is 53.6 Å². The maximum atomic E-state index is 12.8. The van der Waals surface area contributed by atoms with Crippen molar-refractivity contribution in [2.24, 2.45) is 13.0 Å². The molecular weight excluding hydrogens is 312 g/mol. The Labute approximate surface area is 149 Å². The van der Waals surface area contributed by atoms with Crippen molar-refractivity contribution in [3.8, 4) is 0 Å². The van der Waals surface area contributed by atoms with Crippen molar-refractivity contribution in [3.63, 3.8) is 0 Å². The van der Waals surface area contributed by atoms with Crippen molar-refractivity contribution in [3.05, 3.63) is 47.0 Å². The quantitative estimate of drug-likeness (QED) is 0.864. The topological polar surface area (TPSA) is 51.0 Å². The Balaban J connectivity index is 1.35. The molecule has 5 nitrogen and oxygen atoms in total. The van der Waals surface area contributed by atoms with Crippen molar-refractivity contribution in [2.45, 2.75) is 44.9 Å². The van der Waals surface area contributed by atoms with Crippen LogP contribution in [0.2, 0.25) is 0 Å². The van der Waals surface area contributed by atoms with Gasteiger partial charge in [0, 0.05) is 32.0 Å². The third-order valence-electron chi connectivity index (χ3n) is 5.98. The van der Waals surface area contributed by atoms with E-state index in [1.54, 1.807) is 6.33 Å². The van der Waals surface area contributed by atoms with Gasteiger partial charge in [0.1, 0.15) is 12.2 Å². The molecule has 4 rings (SSSR count). The fraction of sp³-hybridized carbons (Fsp3) is 0.550. The lowest BCUT2D eigenvalue weighted by Gasteiger charge is -2.31. The van der Waals surface area contributed by atoms with Crippen LogP contribution < -0.4 is 0 Å². The first-order chi connectivity index (χ1) is 12.0. The van der Waals surface area contributed by atoms with Crippen LogP contribution in [0.25, 0.3) is 0 Å². The number of aromatic nitrogens is 3. The molecule has 0 bridgehead atoms. The molecule has 0 spiro atoms. The van der Waals surface area contributed by atoms with Gasteiger partial charge in [0.25, 0.3) is 0 Å². The summed E-state index contributed by atoms with van der Waals surface area (Å²) in [5, 5.41) is 8.21. The summed E-state index contributed by atoms with van der Waals surface area (Å²) < 4.78 is 2.00. The third kappa shape index (κ3) is 3.08. The zero-order chi connectivity index (χ0) is 17.6. The molecule has 132 valence electrons. The summed E-state index contributed by atoms with van der Waals surface area (Å²) in [5.74, 6) is 2.43. The summed E-state index contributed by atoms with van der Waals surface area (Å²) in [6, 6.07) is 6.63. The van der Waals surface area contributed by atoms with E-state index in [1.165, 1.54) is 16.7 Å². The van der Waals surface area contributed by atoms with E-state index in [0.29, 0.717) is 17.7 Å². The van der Waals surface area contributed by atoms with Gasteiger partial charge in [0.05, 0.1) is 0 Å². The van der Waals surface area contributed by atoms with E-state index in [0.717, 1.165) is 38.2 Å². The van der Waals surface area contributed by atoms with Gasteiger partial charge in [-0.2, -0.15) is 0 Å². The predicted molar refractivity (Wildman–Crippen MR) is 96.3 cm³/mol. The number of rotatable bonds is 3. The van der Waals surface area contributed by atoms with Gasteiger partial charge in [-0.3, -0.25) is 4.79 Å². The number of likely N-dealkylation sites (tertiary alicyclic amines) is 1. The number of hydrogen-bond donors (Lipinski definition) is 0. The second kappa shape index (κ2) is 6.28. The first kappa shape index (κ1) is 16.3. The number of aryl methyl sites for hydroxylation is 3. The summed E-state index contributed by atoms with van der Waals surface area (Å²) >= 11 is 0. The fourth-order valence-corrected chi connectivity index (χ4v) is 4.09. The highest BCUT2D eigenvalue weighted by molar-refractivity contribution is 5.83. The Morgan fingerprint density at radius 1 is 1.16 bits per heavy atom. The lowest BCUT2D eigenvalue weighted by atomic mass is 9.95. The molecule has 1 aromatic heterocycles. The lowest BCUT2D eigenvalue weighted by Crippen LogP contribution is -2.39. The molecule has 0 unspecified atom stereocenters. The summed E-state index contributed by atoms with van der Waals surface area (Å²) in [6.07, 6.45) is 4.73. The number of amides is 1. The molecule has 1 amide bonds. The van der Waals surface area contributed by atoms with Crippen LogP contribution in [0.4, 0.5) is 0 Å². The average molecular weight is 338 g/mol. The molecule has 25 heavy (non-hydrogen) atoms. The highest BCUT2D eigenvalue weighted by atomic mass is 16.2. The molecule has 2 heterocycles. The van der Waals surface area contributed by atoms with Gasteiger partial charge in [0.15, 0.2) is 0 Å². The molecular formula is C20H26N4O. The molecule has 2 aliphatic rings. The van der Waals surface area contributed by atoms with Gasteiger partial charge in [0.2, 0.25) is 5.91 Å². The van der Waals surface area contributed by atoms with Crippen LogP contribution in [0.15, 0.2) is 24.5 Å². The number of hydrogen-bond acceptors (Lipinski definition) is 3. The molecule has 1 aliphatic carbocycles.